The summed E-state index contributed by atoms with van der Waals surface area (Å²) in [6, 6.07) is 1.53. The Labute approximate surface area is 118 Å². The van der Waals surface area contributed by atoms with Gasteiger partial charge in [-0.2, -0.15) is 0 Å². The fraction of sp³-hybridized carbons (Fsp3) is 0.571. The van der Waals surface area contributed by atoms with Gasteiger partial charge in [0.2, 0.25) is 0 Å². The summed E-state index contributed by atoms with van der Waals surface area (Å²) in [7, 11) is 0. The van der Waals surface area contributed by atoms with Crippen molar-refractivity contribution in [1.82, 2.24) is 25.0 Å². The molecular formula is C14H21N5O. The molecule has 1 atom stereocenters. The lowest BCUT2D eigenvalue weighted by molar-refractivity contribution is 0.581. The Balaban J connectivity index is 1.99. The fourth-order valence-electron chi connectivity index (χ4n) is 2.23. The molecule has 0 spiro atoms. The molecular weight excluding hydrogens is 254 g/mol. The first-order valence-electron chi connectivity index (χ1n) is 7.05. The standard InChI is InChI=1S/C14H21N5O/c1-4-5-10(2)13-9-19(18-17-13)7-6-12-8-14(20)16-11(3)15-12/h8-10H,4-7H2,1-3H3,(H,15,16,20). The quantitative estimate of drug-likeness (QED) is 0.872. The summed E-state index contributed by atoms with van der Waals surface area (Å²) in [4.78, 5) is 18.3. The second-order valence-corrected chi connectivity index (χ2v) is 5.17. The van der Waals surface area contributed by atoms with E-state index in [0.717, 1.165) is 24.2 Å². The van der Waals surface area contributed by atoms with Gasteiger partial charge in [0, 0.05) is 36.8 Å². The zero-order chi connectivity index (χ0) is 14.5. The number of H-pyrrole nitrogens is 1. The molecule has 0 fully saturated rings. The van der Waals surface area contributed by atoms with E-state index in [2.05, 4.69) is 34.1 Å². The second kappa shape index (κ2) is 6.45. The number of rotatable bonds is 6. The van der Waals surface area contributed by atoms with E-state index in [9.17, 15) is 4.79 Å². The topological polar surface area (TPSA) is 76.5 Å². The van der Waals surface area contributed by atoms with Crippen molar-refractivity contribution in [2.75, 3.05) is 0 Å². The number of aromatic nitrogens is 5. The number of nitrogens with zero attached hydrogens (tertiary/aromatic N) is 4. The fourth-order valence-corrected chi connectivity index (χ4v) is 2.23. The van der Waals surface area contributed by atoms with E-state index in [4.69, 9.17) is 0 Å². The summed E-state index contributed by atoms with van der Waals surface area (Å²) in [5.41, 5.74) is 1.70. The lowest BCUT2D eigenvalue weighted by Gasteiger charge is -2.04. The molecule has 108 valence electrons. The van der Waals surface area contributed by atoms with Gasteiger partial charge in [-0.3, -0.25) is 9.48 Å². The molecule has 0 radical (unpaired) electrons. The van der Waals surface area contributed by atoms with Crippen LogP contribution in [0.15, 0.2) is 17.1 Å². The van der Waals surface area contributed by atoms with E-state index < -0.39 is 0 Å². The molecule has 2 rings (SSSR count). The molecule has 0 aromatic carbocycles. The van der Waals surface area contributed by atoms with E-state index in [-0.39, 0.29) is 5.56 Å². The highest BCUT2D eigenvalue weighted by atomic mass is 16.1. The molecule has 6 nitrogen and oxygen atoms in total. The van der Waals surface area contributed by atoms with Crippen molar-refractivity contribution < 1.29 is 0 Å². The van der Waals surface area contributed by atoms with Crippen LogP contribution in [0.5, 0.6) is 0 Å². The maximum absolute atomic E-state index is 11.4. The van der Waals surface area contributed by atoms with Gasteiger partial charge < -0.3 is 4.98 Å². The van der Waals surface area contributed by atoms with E-state index in [1.165, 1.54) is 6.07 Å². The molecule has 6 heteroatoms. The molecule has 0 amide bonds. The van der Waals surface area contributed by atoms with Crippen LogP contribution in [-0.2, 0) is 13.0 Å². The minimum absolute atomic E-state index is 0.108. The summed E-state index contributed by atoms with van der Waals surface area (Å²) in [5, 5.41) is 8.34. The Hall–Kier alpha value is -1.98. The van der Waals surface area contributed by atoms with E-state index in [0.29, 0.717) is 24.7 Å². The molecule has 1 unspecified atom stereocenters. The third-order valence-electron chi connectivity index (χ3n) is 3.29. The van der Waals surface area contributed by atoms with Gasteiger partial charge in [0.1, 0.15) is 5.82 Å². The lowest BCUT2D eigenvalue weighted by Crippen LogP contribution is -2.12. The molecule has 20 heavy (non-hydrogen) atoms. The highest BCUT2D eigenvalue weighted by Crippen LogP contribution is 2.17. The number of aromatic amines is 1. The number of nitrogens with one attached hydrogen (secondary N) is 1. The first-order valence-corrected chi connectivity index (χ1v) is 7.05. The summed E-state index contributed by atoms with van der Waals surface area (Å²) in [6.07, 6.45) is 4.92. The van der Waals surface area contributed by atoms with Crippen molar-refractivity contribution >= 4 is 0 Å². The van der Waals surface area contributed by atoms with Crippen LogP contribution in [0.4, 0.5) is 0 Å². The van der Waals surface area contributed by atoms with Crippen LogP contribution in [0.1, 0.15) is 49.8 Å². The Bertz CT molecular complexity index is 616. The van der Waals surface area contributed by atoms with Gasteiger partial charge in [0.25, 0.3) is 5.56 Å². The molecule has 1 N–H and O–H groups in total. The van der Waals surface area contributed by atoms with Crippen LogP contribution >= 0.6 is 0 Å². The van der Waals surface area contributed by atoms with Crippen LogP contribution in [0.25, 0.3) is 0 Å². The molecule has 0 aliphatic heterocycles. The first kappa shape index (κ1) is 14.4. The normalized spacial score (nSPS) is 12.6. The van der Waals surface area contributed by atoms with Gasteiger partial charge in [-0.25, -0.2) is 4.98 Å². The Morgan fingerprint density at radius 1 is 1.45 bits per heavy atom. The van der Waals surface area contributed by atoms with Gasteiger partial charge in [-0.1, -0.05) is 25.5 Å². The highest BCUT2D eigenvalue weighted by Gasteiger charge is 2.09. The third kappa shape index (κ3) is 3.76. The van der Waals surface area contributed by atoms with E-state index in [1.807, 2.05) is 10.9 Å². The molecule has 0 aliphatic carbocycles. The SMILES string of the molecule is CCCC(C)c1cn(CCc2cc(=O)[nH]c(C)n2)nn1. The van der Waals surface area contributed by atoms with Crippen LogP contribution in [0.3, 0.4) is 0 Å². The highest BCUT2D eigenvalue weighted by molar-refractivity contribution is 5.03. The monoisotopic (exact) mass is 275 g/mol. The molecule has 0 saturated carbocycles. The predicted molar refractivity (Wildman–Crippen MR) is 76.6 cm³/mol. The maximum atomic E-state index is 11.4. The third-order valence-corrected chi connectivity index (χ3v) is 3.29. The molecule has 0 bridgehead atoms. The lowest BCUT2D eigenvalue weighted by atomic mass is 10.0. The predicted octanol–water partition coefficient (Wildman–Crippen LogP) is 1.82. The second-order valence-electron chi connectivity index (χ2n) is 5.17. The first-order chi connectivity index (χ1) is 9.58. The molecule has 2 aromatic heterocycles. The molecule has 2 heterocycles. The molecule has 2 aromatic rings. The largest absolute Gasteiger partial charge is 0.311 e. The Morgan fingerprint density at radius 3 is 2.95 bits per heavy atom. The minimum Gasteiger partial charge on any atom is -0.311 e. The maximum Gasteiger partial charge on any atom is 0.251 e. The van der Waals surface area contributed by atoms with Crippen molar-refractivity contribution in [3.8, 4) is 0 Å². The van der Waals surface area contributed by atoms with Gasteiger partial charge in [-0.05, 0) is 13.3 Å². The van der Waals surface area contributed by atoms with E-state index in [1.54, 1.807) is 6.92 Å². The summed E-state index contributed by atoms with van der Waals surface area (Å²) in [6.45, 7) is 6.80. The van der Waals surface area contributed by atoms with E-state index >= 15 is 0 Å². The number of aryl methyl sites for hydroxylation is 3. The summed E-state index contributed by atoms with van der Waals surface area (Å²) >= 11 is 0. The Kier molecular flexibility index (Phi) is 4.65. The summed E-state index contributed by atoms with van der Waals surface area (Å²) in [5.74, 6) is 1.08. The average Bonchev–Trinajstić information content (AvgIpc) is 2.84. The van der Waals surface area contributed by atoms with Crippen LogP contribution < -0.4 is 5.56 Å². The number of hydrogen-bond donors (Lipinski definition) is 1. The van der Waals surface area contributed by atoms with Crippen LogP contribution in [0, 0.1) is 6.92 Å². The van der Waals surface area contributed by atoms with Crippen LogP contribution in [-0.4, -0.2) is 25.0 Å². The van der Waals surface area contributed by atoms with Crippen molar-refractivity contribution in [2.24, 2.45) is 0 Å². The zero-order valence-electron chi connectivity index (χ0n) is 12.3. The zero-order valence-corrected chi connectivity index (χ0v) is 12.3. The Morgan fingerprint density at radius 2 is 2.25 bits per heavy atom. The van der Waals surface area contributed by atoms with Crippen molar-refractivity contribution in [2.45, 2.75) is 52.5 Å². The van der Waals surface area contributed by atoms with Crippen molar-refractivity contribution in [3.63, 3.8) is 0 Å². The minimum atomic E-state index is -0.108. The van der Waals surface area contributed by atoms with Gasteiger partial charge in [-0.15, -0.1) is 5.10 Å². The molecule has 0 saturated heterocycles. The summed E-state index contributed by atoms with van der Waals surface area (Å²) < 4.78 is 1.82. The molecule has 0 aliphatic rings. The van der Waals surface area contributed by atoms with Crippen molar-refractivity contribution in [3.05, 3.63) is 39.8 Å². The number of hydrogen-bond acceptors (Lipinski definition) is 4. The van der Waals surface area contributed by atoms with Crippen molar-refractivity contribution in [1.29, 1.82) is 0 Å². The van der Waals surface area contributed by atoms with Gasteiger partial charge in [0.15, 0.2) is 0 Å². The average molecular weight is 275 g/mol. The smallest absolute Gasteiger partial charge is 0.251 e. The van der Waals surface area contributed by atoms with Gasteiger partial charge in [0.05, 0.1) is 5.69 Å². The van der Waals surface area contributed by atoms with Gasteiger partial charge >= 0.3 is 0 Å². The van der Waals surface area contributed by atoms with Crippen LogP contribution in [0.2, 0.25) is 0 Å².